The van der Waals surface area contributed by atoms with Crippen LogP contribution in [-0.2, 0) is 0 Å². The molecule has 1 aromatic rings. The lowest BCUT2D eigenvalue weighted by molar-refractivity contribution is 0.0953. The Morgan fingerprint density at radius 3 is 2.26 bits per heavy atom. The van der Waals surface area contributed by atoms with E-state index in [1.807, 2.05) is 27.0 Å². The minimum atomic E-state index is -0.296. The topological polar surface area (TPSA) is 69.2 Å². The van der Waals surface area contributed by atoms with Gasteiger partial charge in [0.25, 0.3) is 5.91 Å². The molecule has 2 aliphatic carbocycles. The fourth-order valence-corrected chi connectivity index (χ4v) is 3.77. The summed E-state index contributed by atoms with van der Waals surface area (Å²) < 4.78 is 17.0. The molecule has 6 nitrogen and oxygen atoms in total. The van der Waals surface area contributed by atoms with Crippen molar-refractivity contribution in [3.63, 3.8) is 0 Å². The molecular formula is C21H28N2O4. The molecule has 1 amide bonds. The minimum absolute atomic E-state index is 0.296. The Bertz CT molecular complexity index is 702. The van der Waals surface area contributed by atoms with Gasteiger partial charge in [0, 0.05) is 17.7 Å². The maximum Gasteiger partial charge on any atom is 0.271 e. The van der Waals surface area contributed by atoms with Crippen LogP contribution in [0.2, 0.25) is 0 Å². The number of nitrogens with one attached hydrogen (secondary N) is 1. The van der Waals surface area contributed by atoms with Crippen molar-refractivity contribution in [1.29, 1.82) is 0 Å². The molecule has 2 bridgehead atoms. The van der Waals surface area contributed by atoms with Crippen molar-refractivity contribution in [2.24, 2.45) is 22.9 Å². The number of hydrazone groups is 1. The highest BCUT2D eigenvalue weighted by molar-refractivity contribution is 5.95. The molecule has 1 aromatic carbocycles. The van der Waals surface area contributed by atoms with Gasteiger partial charge in [0.05, 0.1) is 19.8 Å². The number of carbonyl (C=O) groups is 1. The monoisotopic (exact) mass is 372 g/mol. The molecule has 0 aromatic heterocycles. The van der Waals surface area contributed by atoms with E-state index in [9.17, 15) is 4.79 Å². The Balaban J connectivity index is 1.73. The van der Waals surface area contributed by atoms with Crippen LogP contribution >= 0.6 is 0 Å². The molecule has 0 spiro atoms. The average molecular weight is 372 g/mol. The minimum Gasteiger partial charge on any atom is -0.490 e. The summed E-state index contributed by atoms with van der Waals surface area (Å²) in [6.45, 7) is 7.08. The van der Waals surface area contributed by atoms with E-state index in [1.54, 1.807) is 12.1 Å². The zero-order valence-corrected chi connectivity index (χ0v) is 16.2. The van der Waals surface area contributed by atoms with Crippen LogP contribution in [0.5, 0.6) is 17.2 Å². The van der Waals surface area contributed by atoms with Gasteiger partial charge < -0.3 is 14.2 Å². The normalized spacial score (nSPS) is 23.0. The van der Waals surface area contributed by atoms with Gasteiger partial charge >= 0.3 is 0 Å². The highest BCUT2D eigenvalue weighted by atomic mass is 16.5. The molecule has 2 aliphatic rings. The molecule has 1 fully saturated rings. The summed E-state index contributed by atoms with van der Waals surface area (Å²) in [6, 6.07) is 3.34. The first kappa shape index (κ1) is 19.3. The maximum atomic E-state index is 12.6. The van der Waals surface area contributed by atoms with Crippen LogP contribution in [0, 0.1) is 17.8 Å². The number of hydrogen-bond acceptors (Lipinski definition) is 5. The van der Waals surface area contributed by atoms with E-state index in [2.05, 4.69) is 22.7 Å². The number of nitrogens with zero attached hydrogens (tertiary/aromatic N) is 1. The first-order chi connectivity index (χ1) is 13.2. The molecule has 3 rings (SSSR count). The van der Waals surface area contributed by atoms with Crippen molar-refractivity contribution in [1.82, 2.24) is 5.43 Å². The van der Waals surface area contributed by atoms with E-state index in [1.165, 1.54) is 6.42 Å². The fourth-order valence-electron chi connectivity index (χ4n) is 3.77. The van der Waals surface area contributed by atoms with Crippen molar-refractivity contribution < 1.29 is 19.0 Å². The van der Waals surface area contributed by atoms with Gasteiger partial charge in [-0.05, 0) is 57.6 Å². The quantitative estimate of drug-likeness (QED) is 0.407. The second-order valence-electron chi connectivity index (χ2n) is 6.76. The van der Waals surface area contributed by atoms with Crippen molar-refractivity contribution >= 4 is 12.1 Å². The highest BCUT2D eigenvalue weighted by Gasteiger charge is 2.34. The van der Waals surface area contributed by atoms with E-state index in [-0.39, 0.29) is 5.91 Å². The molecule has 0 radical (unpaired) electrons. The Morgan fingerprint density at radius 1 is 1.07 bits per heavy atom. The third-order valence-electron chi connectivity index (χ3n) is 4.93. The van der Waals surface area contributed by atoms with Crippen molar-refractivity contribution in [2.45, 2.75) is 33.6 Å². The molecule has 0 unspecified atom stereocenters. The fraction of sp³-hybridized carbons (Fsp3) is 0.524. The average Bonchev–Trinajstić information content (AvgIpc) is 3.27. The van der Waals surface area contributed by atoms with Crippen LogP contribution in [-0.4, -0.2) is 31.9 Å². The van der Waals surface area contributed by atoms with Crippen molar-refractivity contribution in [2.75, 3.05) is 19.8 Å². The van der Waals surface area contributed by atoms with Gasteiger partial charge in [-0.2, -0.15) is 5.10 Å². The molecule has 3 atom stereocenters. The molecule has 1 N–H and O–H groups in total. The van der Waals surface area contributed by atoms with Crippen molar-refractivity contribution in [3.8, 4) is 17.2 Å². The Kier molecular flexibility index (Phi) is 6.37. The number of allylic oxidation sites excluding steroid dienone is 2. The number of rotatable bonds is 9. The van der Waals surface area contributed by atoms with E-state index in [4.69, 9.17) is 14.2 Å². The molecular weight excluding hydrogens is 344 g/mol. The summed E-state index contributed by atoms with van der Waals surface area (Å²) in [5, 5.41) is 4.19. The van der Waals surface area contributed by atoms with Crippen molar-refractivity contribution in [3.05, 3.63) is 29.8 Å². The summed E-state index contributed by atoms with van der Waals surface area (Å²) in [6.07, 6.45) is 8.75. The Labute approximate surface area is 160 Å². The lowest BCUT2D eigenvalue weighted by atomic mass is 9.95. The van der Waals surface area contributed by atoms with Gasteiger partial charge in [0.2, 0.25) is 5.75 Å². The lowest BCUT2D eigenvalue weighted by Gasteiger charge is -2.16. The summed E-state index contributed by atoms with van der Waals surface area (Å²) in [7, 11) is 0. The Hall–Kier alpha value is -2.50. The maximum absolute atomic E-state index is 12.6. The molecule has 1 saturated carbocycles. The van der Waals surface area contributed by atoms with Gasteiger partial charge in [0.15, 0.2) is 11.5 Å². The van der Waals surface area contributed by atoms with Gasteiger partial charge in [-0.15, -0.1) is 0 Å². The third kappa shape index (κ3) is 4.43. The number of fused-ring (bicyclic) bond motifs is 2. The second kappa shape index (κ2) is 8.93. The number of ether oxygens (including phenoxy) is 3. The van der Waals surface area contributed by atoms with Crippen LogP contribution in [0.25, 0.3) is 0 Å². The van der Waals surface area contributed by atoms with E-state index in [0.717, 1.165) is 6.42 Å². The third-order valence-corrected chi connectivity index (χ3v) is 4.93. The predicted molar refractivity (Wildman–Crippen MR) is 105 cm³/mol. The summed E-state index contributed by atoms with van der Waals surface area (Å²) in [5.41, 5.74) is 3.06. The second-order valence-corrected chi connectivity index (χ2v) is 6.76. The molecule has 27 heavy (non-hydrogen) atoms. The van der Waals surface area contributed by atoms with E-state index in [0.29, 0.717) is 60.4 Å². The molecule has 0 aliphatic heterocycles. The first-order valence-corrected chi connectivity index (χ1v) is 9.74. The molecule has 0 heterocycles. The van der Waals surface area contributed by atoms with Crippen LogP contribution in [0.3, 0.4) is 0 Å². The number of carbonyl (C=O) groups excluding carboxylic acids is 1. The van der Waals surface area contributed by atoms with E-state index >= 15 is 0 Å². The smallest absolute Gasteiger partial charge is 0.271 e. The van der Waals surface area contributed by atoms with Gasteiger partial charge in [-0.1, -0.05) is 12.2 Å². The molecule has 6 heteroatoms. The number of amides is 1. The first-order valence-electron chi connectivity index (χ1n) is 9.74. The largest absolute Gasteiger partial charge is 0.490 e. The summed E-state index contributed by atoms with van der Waals surface area (Å²) in [5.74, 6) is 2.88. The SMILES string of the molecule is CCOc1cc(C(=O)N/N=C\[C@@H]2C[C@@H]3C=C[C@@H]2C3)cc(OCC)c1OCC. The zero-order valence-electron chi connectivity index (χ0n) is 16.2. The van der Waals surface area contributed by atoms with E-state index < -0.39 is 0 Å². The summed E-state index contributed by atoms with van der Waals surface area (Å²) >= 11 is 0. The molecule has 0 saturated heterocycles. The number of hydrogen-bond donors (Lipinski definition) is 1. The zero-order chi connectivity index (χ0) is 19.2. The lowest BCUT2D eigenvalue weighted by Crippen LogP contribution is -2.20. The standard InChI is InChI=1S/C21H28N2O4/c1-4-25-18-11-16(12-19(26-5-2)20(18)27-6-3)21(24)23-22-13-17-10-14-7-8-15(17)9-14/h7-8,11-15,17H,4-6,9-10H2,1-3H3,(H,23,24)/b22-13-/t14-,15-,17+/m1/s1. The Morgan fingerprint density at radius 2 is 1.74 bits per heavy atom. The number of benzene rings is 1. The van der Waals surface area contributed by atoms with Gasteiger partial charge in [-0.25, -0.2) is 5.43 Å². The van der Waals surface area contributed by atoms with Crippen LogP contribution in [0.1, 0.15) is 44.0 Å². The van der Waals surface area contributed by atoms with Gasteiger partial charge in [-0.3, -0.25) is 4.79 Å². The molecule has 146 valence electrons. The predicted octanol–water partition coefficient (Wildman–Crippen LogP) is 3.81. The summed E-state index contributed by atoms with van der Waals surface area (Å²) in [4.78, 5) is 12.6. The van der Waals surface area contributed by atoms with Crippen LogP contribution in [0.15, 0.2) is 29.4 Å². The van der Waals surface area contributed by atoms with Gasteiger partial charge in [0.1, 0.15) is 0 Å². The van der Waals surface area contributed by atoms with Crippen LogP contribution < -0.4 is 19.6 Å². The highest BCUT2D eigenvalue weighted by Crippen LogP contribution is 2.42. The van der Waals surface area contributed by atoms with Crippen LogP contribution in [0.4, 0.5) is 0 Å².